The normalized spacial score (nSPS) is 21.2. The summed E-state index contributed by atoms with van der Waals surface area (Å²) in [6, 6.07) is 5.60. The number of nitrogens with zero attached hydrogens (tertiary/aromatic N) is 4. The van der Waals surface area contributed by atoms with Crippen molar-refractivity contribution >= 4 is 23.2 Å². The number of carbonyl (C=O) groups is 2. The molecule has 3 fully saturated rings. The van der Waals surface area contributed by atoms with Gasteiger partial charge < -0.3 is 20.4 Å². The molecule has 31 heavy (non-hydrogen) atoms. The van der Waals surface area contributed by atoms with Crippen LogP contribution < -0.4 is 15.5 Å². The van der Waals surface area contributed by atoms with Crippen LogP contribution in [-0.4, -0.2) is 59.4 Å². The lowest BCUT2D eigenvalue weighted by Gasteiger charge is -2.37. The highest BCUT2D eigenvalue weighted by molar-refractivity contribution is 6.02. The van der Waals surface area contributed by atoms with Crippen LogP contribution in [0.3, 0.4) is 0 Å². The number of piperazine rings is 1. The molecule has 2 saturated heterocycles. The number of rotatable bonds is 5. The second kappa shape index (κ2) is 8.63. The van der Waals surface area contributed by atoms with E-state index in [0.29, 0.717) is 18.7 Å². The first-order valence-corrected chi connectivity index (χ1v) is 11.2. The van der Waals surface area contributed by atoms with Crippen molar-refractivity contribution in [2.24, 2.45) is 5.92 Å². The van der Waals surface area contributed by atoms with Crippen LogP contribution in [0.5, 0.6) is 0 Å². The monoisotopic (exact) mass is 420 g/mol. The van der Waals surface area contributed by atoms with E-state index in [-0.39, 0.29) is 23.8 Å². The van der Waals surface area contributed by atoms with Crippen LogP contribution >= 0.6 is 0 Å². The molecule has 0 radical (unpaired) electrons. The van der Waals surface area contributed by atoms with Crippen LogP contribution in [0.15, 0.2) is 36.9 Å². The van der Waals surface area contributed by atoms with Crippen molar-refractivity contribution in [2.45, 2.75) is 31.7 Å². The number of amides is 2. The zero-order chi connectivity index (χ0) is 21.2. The molecule has 8 heteroatoms. The molecule has 1 unspecified atom stereocenters. The second-order valence-corrected chi connectivity index (χ2v) is 8.58. The van der Waals surface area contributed by atoms with Gasteiger partial charge in [-0.15, -0.1) is 0 Å². The first-order chi connectivity index (χ1) is 15.2. The maximum absolute atomic E-state index is 13.8. The first-order valence-electron chi connectivity index (χ1n) is 11.2. The average molecular weight is 421 g/mol. The lowest BCUT2D eigenvalue weighted by Crippen LogP contribution is -2.49. The topological polar surface area (TPSA) is 90.5 Å². The Kier molecular flexibility index (Phi) is 5.55. The van der Waals surface area contributed by atoms with Gasteiger partial charge in [0.25, 0.3) is 5.91 Å². The molecule has 3 heterocycles. The molecular formula is C23H28N6O2. The highest BCUT2D eigenvalue weighted by Crippen LogP contribution is 2.34. The molecule has 8 nitrogen and oxygen atoms in total. The minimum Gasteiger partial charge on any atom is -0.371 e. The van der Waals surface area contributed by atoms with E-state index in [2.05, 4.69) is 25.5 Å². The van der Waals surface area contributed by atoms with Crippen molar-refractivity contribution in [2.75, 3.05) is 42.9 Å². The van der Waals surface area contributed by atoms with E-state index in [0.717, 1.165) is 62.3 Å². The van der Waals surface area contributed by atoms with Crippen molar-refractivity contribution in [1.29, 1.82) is 0 Å². The maximum atomic E-state index is 13.8. The third-order valence-electron chi connectivity index (χ3n) is 6.36. The van der Waals surface area contributed by atoms with Crippen molar-refractivity contribution in [3.8, 4) is 0 Å². The third kappa shape index (κ3) is 4.25. The standard InChI is InChI=1S/C23H28N6O2/c30-22(16-3-4-16)27-18-5-6-19(20(11-18)28-8-1-2-9-28)23(31)29-10-7-24-14-21(29)17-12-25-15-26-13-17/h5-6,11-13,15-16,21,24H,1-4,7-10,14H2,(H,27,30). The predicted molar refractivity (Wildman–Crippen MR) is 118 cm³/mol. The van der Waals surface area contributed by atoms with Gasteiger partial charge in [-0.05, 0) is 43.9 Å². The van der Waals surface area contributed by atoms with Gasteiger partial charge in [-0.1, -0.05) is 0 Å². The Morgan fingerprint density at radius 2 is 1.84 bits per heavy atom. The summed E-state index contributed by atoms with van der Waals surface area (Å²) in [6.07, 6.45) is 9.23. The number of aromatic nitrogens is 2. The van der Waals surface area contributed by atoms with Crippen LogP contribution in [0.1, 0.15) is 47.6 Å². The summed E-state index contributed by atoms with van der Waals surface area (Å²) in [4.78, 5) is 38.5. The van der Waals surface area contributed by atoms with E-state index in [1.807, 2.05) is 23.1 Å². The number of anilines is 2. The molecule has 3 aliphatic rings. The van der Waals surface area contributed by atoms with E-state index < -0.39 is 0 Å². The van der Waals surface area contributed by atoms with Gasteiger partial charge in [-0.25, -0.2) is 9.97 Å². The molecule has 0 bridgehead atoms. The molecule has 2 aromatic rings. The number of nitrogens with one attached hydrogen (secondary N) is 2. The van der Waals surface area contributed by atoms with Gasteiger partial charge in [0.05, 0.1) is 17.3 Å². The minimum absolute atomic E-state index is 0.0114. The number of hydrogen-bond acceptors (Lipinski definition) is 6. The fourth-order valence-corrected chi connectivity index (χ4v) is 4.48. The summed E-state index contributed by atoms with van der Waals surface area (Å²) in [5, 5.41) is 6.41. The van der Waals surface area contributed by atoms with Crippen molar-refractivity contribution in [3.63, 3.8) is 0 Å². The van der Waals surface area contributed by atoms with Gasteiger partial charge in [0.15, 0.2) is 0 Å². The van der Waals surface area contributed by atoms with Crippen LogP contribution in [0, 0.1) is 5.92 Å². The highest BCUT2D eigenvalue weighted by Gasteiger charge is 2.32. The van der Waals surface area contributed by atoms with Crippen molar-refractivity contribution in [3.05, 3.63) is 48.0 Å². The van der Waals surface area contributed by atoms with Crippen LogP contribution in [0.25, 0.3) is 0 Å². The molecule has 1 atom stereocenters. The van der Waals surface area contributed by atoms with Gasteiger partial charge in [0.1, 0.15) is 6.33 Å². The molecule has 2 N–H and O–H groups in total. The Morgan fingerprint density at radius 1 is 1.06 bits per heavy atom. The molecule has 1 aromatic carbocycles. The smallest absolute Gasteiger partial charge is 0.256 e. The zero-order valence-corrected chi connectivity index (χ0v) is 17.6. The summed E-state index contributed by atoms with van der Waals surface area (Å²) < 4.78 is 0. The summed E-state index contributed by atoms with van der Waals surface area (Å²) >= 11 is 0. The molecule has 2 amide bonds. The summed E-state index contributed by atoms with van der Waals surface area (Å²) in [6.45, 7) is 3.91. The van der Waals surface area contributed by atoms with Gasteiger partial charge in [0, 0.05) is 62.3 Å². The van der Waals surface area contributed by atoms with Crippen LogP contribution in [0.2, 0.25) is 0 Å². The van der Waals surface area contributed by atoms with Crippen molar-refractivity contribution < 1.29 is 9.59 Å². The van der Waals surface area contributed by atoms with E-state index in [9.17, 15) is 9.59 Å². The molecule has 1 aromatic heterocycles. The van der Waals surface area contributed by atoms with E-state index >= 15 is 0 Å². The molecule has 5 rings (SSSR count). The Labute approximate surface area is 182 Å². The van der Waals surface area contributed by atoms with E-state index in [1.54, 1.807) is 12.4 Å². The van der Waals surface area contributed by atoms with E-state index in [1.165, 1.54) is 6.33 Å². The Bertz CT molecular complexity index is 956. The molecule has 162 valence electrons. The quantitative estimate of drug-likeness (QED) is 0.771. The molecule has 1 aliphatic carbocycles. The van der Waals surface area contributed by atoms with Gasteiger partial charge >= 0.3 is 0 Å². The van der Waals surface area contributed by atoms with Gasteiger partial charge in [-0.3, -0.25) is 9.59 Å². The predicted octanol–water partition coefficient (Wildman–Crippen LogP) is 2.21. The molecular weight excluding hydrogens is 392 g/mol. The third-order valence-corrected chi connectivity index (χ3v) is 6.36. The highest BCUT2D eigenvalue weighted by atomic mass is 16.2. The average Bonchev–Trinajstić information content (AvgIpc) is 3.53. The lowest BCUT2D eigenvalue weighted by molar-refractivity contribution is -0.117. The summed E-state index contributed by atoms with van der Waals surface area (Å²) in [5.74, 6) is 0.237. The Morgan fingerprint density at radius 3 is 2.58 bits per heavy atom. The first kappa shape index (κ1) is 19.9. The summed E-state index contributed by atoms with van der Waals surface area (Å²) in [7, 11) is 0. The second-order valence-electron chi connectivity index (χ2n) is 8.58. The van der Waals surface area contributed by atoms with Gasteiger partial charge in [-0.2, -0.15) is 0 Å². The fraction of sp³-hybridized carbons (Fsp3) is 0.478. The zero-order valence-electron chi connectivity index (χ0n) is 17.6. The minimum atomic E-state index is -0.108. The van der Waals surface area contributed by atoms with Crippen LogP contribution in [-0.2, 0) is 4.79 Å². The maximum Gasteiger partial charge on any atom is 0.256 e. The number of hydrogen-bond donors (Lipinski definition) is 2. The summed E-state index contributed by atoms with van der Waals surface area (Å²) in [5.41, 5.74) is 3.30. The van der Waals surface area contributed by atoms with Crippen molar-refractivity contribution in [1.82, 2.24) is 20.2 Å². The SMILES string of the molecule is O=C(Nc1ccc(C(=O)N2CCNCC2c2cncnc2)c(N2CCCC2)c1)C1CC1. The molecule has 1 saturated carbocycles. The Balaban J connectivity index is 1.45. The van der Waals surface area contributed by atoms with Gasteiger partial charge in [0.2, 0.25) is 5.91 Å². The van der Waals surface area contributed by atoms with E-state index in [4.69, 9.17) is 0 Å². The lowest BCUT2D eigenvalue weighted by atomic mass is 10.0. The largest absolute Gasteiger partial charge is 0.371 e. The molecule has 0 spiro atoms. The number of benzene rings is 1. The Hall–Kier alpha value is -3.00. The molecule has 2 aliphatic heterocycles. The fourth-order valence-electron chi connectivity index (χ4n) is 4.48. The van der Waals surface area contributed by atoms with Crippen LogP contribution in [0.4, 0.5) is 11.4 Å². The number of carbonyl (C=O) groups excluding carboxylic acids is 2.